The Kier molecular flexibility index (Phi) is 6.00. The molecule has 0 heterocycles. The molecular formula is C11H22O2. The second-order valence-electron chi connectivity index (χ2n) is 3.41. The van der Waals surface area contributed by atoms with Gasteiger partial charge in [0.1, 0.15) is 0 Å². The van der Waals surface area contributed by atoms with E-state index >= 15 is 0 Å². The van der Waals surface area contributed by atoms with Crippen molar-refractivity contribution in [2.24, 2.45) is 11.8 Å². The summed E-state index contributed by atoms with van der Waals surface area (Å²) >= 11 is 0. The van der Waals surface area contributed by atoms with Crippen LogP contribution >= 0.6 is 0 Å². The highest BCUT2D eigenvalue weighted by Crippen LogP contribution is 2.32. The van der Waals surface area contributed by atoms with Gasteiger partial charge in [-0.05, 0) is 18.8 Å². The highest BCUT2D eigenvalue weighted by molar-refractivity contribution is 5.07. The zero-order valence-electron chi connectivity index (χ0n) is 8.95. The summed E-state index contributed by atoms with van der Waals surface area (Å²) in [6.07, 6.45) is 1.41. The normalized spacial score (nSPS) is 33.6. The second-order valence-corrected chi connectivity index (χ2v) is 3.41. The van der Waals surface area contributed by atoms with Crippen molar-refractivity contribution >= 4 is 0 Å². The first-order valence-corrected chi connectivity index (χ1v) is 5.13. The van der Waals surface area contributed by atoms with E-state index in [4.69, 9.17) is 5.11 Å². The number of rotatable bonds is 1. The van der Waals surface area contributed by atoms with E-state index < -0.39 is 0 Å². The first kappa shape index (κ1) is 12.7. The standard InChI is InChI=1S/C9H16O2.C2H6/c1-6-3-4-9(11)7(2)8(6)5-10;1-2/h7-11H,1,3-5H2,2H3;1-2H3. The average Bonchev–Trinajstić information content (AvgIpc) is 2.16. The van der Waals surface area contributed by atoms with Gasteiger partial charge in [-0.1, -0.05) is 32.9 Å². The molecule has 78 valence electrons. The molecule has 13 heavy (non-hydrogen) atoms. The largest absolute Gasteiger partial charge is 0.396 e. The second kappa shape index (κ2) is 6.17. The maximum atomic E-state index is 9.44. The lowest BCUT2D eigenvalue weighted by molar-refractivity contribution is 0.0453. The molecule has 1 saturated carbocycles. The van der Waals surface area contributed by atoms with Gasteiger partial charge in [0.25, 0.3) is 0 Å². The summed E-state index contributed by atoms with van der Waals surface area (Å²) in [5.41, 5.74) is 1.09. The highest BCUT2D eigenvalue weighted by atomic mass is 16.3. The molecule has 0 aliphatic heterocycles. The van der Waals surface area contributed by atoms with Gasteiger partial charge < -0.3 is 10.2 Å². The lowest BCUT2D eigenvalue weighted by atomic mass is 9.76. The average molecular weight is 186 g/mol. The molecule has 0 aromatic carbocycles. The van der Waals surface area contributed by atoms with Crippen molar-refractivity contribution in [3.8, 4) is 0 Å². The van der Waals surface area contributed by atoms with Crippen LogP contribution in [0.3, 0.4) is 0 Å². The molecule has 0 bridgehead atoms. The Labute approximate surface area is 81.3 Å². The van der Waals surface area contributed by atoms with E-state index in [1.807, 2.05) is 20.8 Å². The lowest BCUT2D eigenvalue weighted by Gasteiger charge is -2.33. The van der Waals surface area contributed by atoms with Crippen LogP contribution in [0, 0.1) is 11.8 Å². The molecule has 1 fully saturated rings. The van der Waals surface area contributed by atoms with Gasteiger partial charge in [0.2, 0.25) is 0 Å². The molecule has 2 N–H and O–H groups in total. The lowest BCUT2D eigenvalue weighted by Crippen LogP contribution is -2.33. The summed E-state index contributed by atoms with van der Waals surface area (Å²) in [6, 6.07) is 0. The third-order valence-electron chi connectivity index (χ3n) is 2.72. The Morgan fingerprint density at radius 3 is 2.38 bits per heavy atom. The first-order valence-electron chi connectivity index (χ1n) is 5.13. The molecular weight excluding hydrogens is 164 g/mol. The topological polar surface area (TPSA) is 40.5 Å². The zero-order valence-corrected chi connectivity index (χ0v) is 8.95. The van der Waals surface area contributed by atoms with Crippen molar-refractivity contribution in [3.63, 3.8) is 0 Å². The maximum absolute atomic E-state index is 9.44. The Balaban J connectivity index is 0.000000671. The molecule has 0 radical (unpaired) electrons. The summed E-state index contributed by atoms with van der Waals surface area (Å²) < 4.78 is 0. The van der Waals surface area contributed by atoms with Crippen LogP contribution in [0.1, 0.15) is 33.6 Å². The van der Waals surface area contributed by atoms with Crippen LogP contribution in [0.25, 0.3) is 0 Å². The van der Waals surface area contributed by atoms with Gasteiger partial charge in [-0.2, -0.15) is 0 Å². The number of hydrogen-bond acceptors (Lipinski definition) is 2. The number of aliphatic hydroxyl groups is 2. The van der Waals surface area contributed by atoms with Gasteiger partial charge in [-0.25, -0.2) is 0 Å². The predicted octanol–water partition coefficient (Wildman–Crippen LogP) is 1.97. The van der Waals surface area contributed by atoms with E-state index in [2.05, 4.69) is 6.58 Å². The Hall–Kier alpha value is -0.340. The van der Waals surface area contributed by atoms with Crippen molar-refractivity contribution in [2.75, 3.05) is 6.61 Å². The molecule has 2 heteroatoms. The Morgan fingerprint density at radius 1 is 1.46 bits per heavy atom. The first-order chi connectivity index (χ1) is 6.16. The third-order valence-corrected chi connectivity index (χ3v) is 2.72. The SMILES string of the molecule is C=C1CCC(O)C(C)C1CO.CC. The van der Waals surface area contributed by atoms with Gasteiger partial charge in [0.05, 0.1) is 6.10 Å². The quantitative estimate of drug-likeness (QED) is 0.615. The van der Waals surface area contributed by atoms with Crippen LogP contribution in [0.15, 0.2) is 12.2 Å². The summed E-state index contributed by atoms with van der Waals surface area (Å²) in [6.45, 7) is 9.97. The van der Waals surface area contributed by atoms with Crippen LogP contribution in [-0.4, -0.2) is 22.9 Å². The van der Waals surface area contributed by atoms with Crippen molar-refractivity contribution in [3.05, 3.63) is 12.2 Å². The van der Waals surface area contributed by atoms with E-state index in [1.165, 1.54) is 0 Å². The molecule has 0 aromatic rings. The minimum atomic E-state index is -0.252. The van der Waals surface area contributed by atoms with Crippen LogP contribution < -0.4 is 0 Å². The smallest absolute Gasteiger partial charge is 0.0575 e. The fraction of sp³-hybridized carbons (Fsp3) is 0.818. The Morgan fingerprint density at radius 2 is 2.00 bits per heavy atom. The van der Waals surface area contributed by atoms with E-state index in [0.717, 1.165) is 18.4 Å². The predicted molar refractivity (Wildman–Crippen MR) is 55.5 cm³/mol. The Bertz CT molecular complexity index is 154. The molecule has 1 aliphatic rings. The molecule has 0 spiro atoms. The van der Waals surface area contributed by atoms with E-state index in [-0.39, 0.29) is 24.5 Å². The summed E-state index contributed by atoms with van der Waals surface area (Å²) in [4.78, 5) is 0. The van der Waals surface area contributed by atoms with Crippen LogP contribution in [0.5, 0.6) is 0 Å². The minimum absolute atomic E-state index is 0.110. The molecule has 0 saturated heterocycles. The van der Waals surface area contributed by atoms with E-state index in [9.17, 15) is 5.11 Å². The molecule has 1 aliphatic carbocycles. The van der Waals surface area contributed by atoms with Gasteiger partial charge >= 0.3 is 0 Å². The van der Waals surface area contributed by atoms with Crippen molar-refractivity contribution < 1.29 is 10.2 Å². The summed E-state index contributed by atoms with van der Waals surface area (Å²) in [5.74, 6) is 0.278. The van der Waals surface area contributed by atoms with E-state index in [0.29, 0.717) is 0 Å². The van der Waals surface area contributed by atoms with E-state index in [1.54, 1.807) is 0 Å². The molecule has 3 atom stereocenters. The fourth-order valence-corrected chi connectivity index (χ4v) is 1.72. The van der Waals surface area contributed by atoms with Gasteiger partial charge in [0, 0.05) is 12.5 Å². The summed E-state index contributed by atoms with van der Waals surface area (Å²) in [5, 5.41) is 18.4. The van der Waals surface area contributed by atoms with Crippen molar-refractivity contribution in [2.45, 2.75) is 39.7 Å². The molecule has 3 unspecified atom stereocenters. The summed E-state index contributed by atoms with van der Waals surface area (Å²) in [7, 11) is 0. The maximum Gasteiger partial charge on any atom is 0.0575 e. The molecule has 0 aromatic heterocycles. The highest BCUT2D eigenvalue weighted by Gasteiger charge is 2.30. The van der Waals surface area contributed by atoms with Crippen molar-refractivity contribution in [1.29, 1.82) is 0 Å². The van der Waals surface area contributed by atoms with Crippen LogP contribution in [0.2, 0.25) is 0 Å². The van der Waals surface area contributed by atoms with Crippen LogP contribution in [0.4, 0.5) is 0 Å². The molecule has 2 nitrogen and oxygen atoms in total. The minimum Gasteiger partial charge on any atom is -0.396 e. The van der Waals surface area contributed by atoms with Crippen LogP contribution in [-0.2, 0) is 0 Å². The number of aliphatic hydroxyl groups excluding tert-OH is 2. The van der Waals surface area contributed by atoms with Gasteiger partial charge in [-0.15, -0.1) is 0 Å². The molecule has 0 amide bonds. The third kappa shape index (κ3) is 3.12. The van der Waals surface area contributed by atoms with Gasteiger partial charge in [-0.3, -0.25) is 0 Å². The molecule has 1 rings (SSSR count). The zero-order chi connectivity index (χ0) is 10.4. The monoisotopic (exact) mass is 186 g/mol. The van der Waals surface area contributed by atoms with Gasteiger partial charge in [0.15, 0.2) is 0 Å². The number of hydrogen-bond donors (Lipinski definition) is 2. The van der Waals surface area contributed by atoms with Crippen molar-refractivity contribution in [1.82, 2.24) is 0 Å². The fourth-order valence-electron chi connectivity index (χ4n) is 1.72.